The Morgan fingerprint density at radius 1 is 1.56 bits per heavy atom. The predicted octanol–water partition coefficient (Wildman–Crippen LogP) is 2.12. The van der Waals surface area contributed by atoms with Gasteiger partial charge in [-0.25, -0.2) is 4.98 Å². The summed E-state index contributed by atoms with van der Waals surface area (Å²) in [6.07, 6.45) is 5.68. The maximum Gasteiger partial charge on any atom is 0.254 e. The molecule has 1 aliphatic rings. The van der Waals surface area contributed by atoms with Crippen molar-refractivity contribution in [1.82, 2.24) is 10.3 Å². The maximum atomic E-state index is 11.9. The molecule has 1 aliphatic carbocycles. The van der Waals surface area contributed by atoms with Crippen molar-refractivity contribution >= 4 is 21.8 Å². The molecule has 1 heterocycles. The average Bonchev–Trinajstić information content (AvgIpc) is 2.90. The van der Waals surface area contributed by atoms with Gasteiger partial charge in [0.1, 0.15) is 4.60 Å². The van der Waals surface area contributed by atoms with Gasteiger partial charge in [-0.15, -0.1) is 0 Å². The fraction of sp³-hybridized carbons (Fsp3) is 0.538. The van der Waals surface area contributed by atoms with Crippen LogP contribution in [0.4, 0.5) is 0 Å². The summed E-state index contributed by atoms with van der Waals surface area (Å²) < 4.78 is 0.526. The molecule has 0 aromatic carbocycles. The van der Waals surface area contributed by atoms with Gasteiger partial charge < -0.3 is 10.4 Å². The van der Waals surface area contributed by atoms with Crippen LogP contribution in [0.2, 0.25) is 0 Å². The summed E-state index contributed by atoms with van der Waals surface area (Å²) in [6, 6.07) is 3.42. The van der Waals surface area contributed by atoms with Crippen molar-refractivity contribution < 1.29 is 9.90 Å². The Morgan fingerprint density at radius 3 is 2.94 bits per heavy atom. The number of nitrogens with zero attached hydrogens (tertiary/aromatic N) is 1. The second-order valence-corrected chi connectivity index (χ2v) is 5.41. The number of pyridine rings is 1. The highest BCUT2D eigenvalue weighted by Crippen LogP contribution is 2.27. The zero-order valence-electron chi connectivity index (χ0n) is 10.1. The third kappa shape index (κ3) is 3.29. The molecule has 1 fully saturated rings. The van der Waals surface area contributed by atoms with Gasteiger partial charge in [-0.05, 0) is 46.8 Å². The zero-order chi connectivity index (χ0) is 13.0. The molecule has 4 nitrogen and oxygen atoms in total. The lowest BCUT2D eigenvalue weighted by Gasteiger charge is -2.18. The van der Waals surface area contributed by atoms with Gasteiger partial charge in [0.2, 0.25) is 0 Å². The molecule has 2 rings (SSSR count). The molecule has 1 atom stereocenters. The molecular weight excluding hydrogens is 296 g/mol. The second kappa shape index (κ2) is 6.29. The Labute approximate surface area is 115 Å². The number of aliphatic hydroxyl groups excluding tert-OH is 1. The number of aliphatic hydroxyl groups is 1. The van der Waals surface area contributed by atoms with Gasteiger partial charge in [0, 0.05) is 12.7 Å². The van der Waals surface area contributed by atoms with Crippen molar-refractivity contribution in [2.24, 2.45) is 5.92 Å². The fourth-order valence-electron chi connectivity index (χ4n) is 2.36. The van der Waals surface area contributed by atoms with E-state index in [1.165, 1.54) is 12.8 Å². The van der Waals surface area contributed by atoms with Crippen molar-refractivity contribution in [1.29, 1.82) is 0 Å². The van der Waals surface area contributed by atoms with E-state index in [9.17, 15) is 9.90 Å². The number of halogens is 1. The normalized spacial score (nSPS) is 17.7. The maximum absolute atomic E-state index is 11.9. The number of rotatable bonds is 4. The molecule has 1 saturated carbocycles. The lowest BCUT2D eigenvalue weighted by Crippen LogP contribution is -2.35. The first-order valence-electron chi connectivity index (χ1n) is 6.25. The average molecular weight is 313 g/mol. The highest BCUT2D eigenvalue weighted by atomic mass is 79.9. The topological polar surface area (TPSA) is 62.2 Å². The number of amides is 1. The highest BCUT2D eigenvalue weighted by molar-refractivity contribution is 9.10. The third-order valence-corrected chi connectivity index (χ3v) is 4.05. The van der Waals surface area contributed by atoms with E-state index < -0.39 is 6.10 Å². The molecule has 0 bridgehead atoms. The number of hydrogen-bond acceptors (Lipinski definition) is 3. The van der Waals surface area contributed by atoms with Gasteiger partial charge in [-0.2, -0.15) is 0 Å². The van der Waals surface area contributed by atoms with Crippen LogP contribution in [0, 0.1) is 5.92 Å². The second-order valence-electron chi connectivity index (χ2n) is 4.66. The Hall–Kier alpha value is -0.940. The van der Waals surface area contributed by atoms with E-state index in [0.29, 0.717) is 22.6 Å². The summed E-state index contributed by atoms with van der Waals surface area (Å²) in [7, 11) is 0. The molecular formula is C13H17BrN2O2. The molecule has 1 unspecified atom stereocenters. The van der Waals surface area contributed by atoms with Crippen LogP contribution in [0.15, 0.2) is 22.9 Å². The van der Waals surface area contributed by atoms with Crippen molar-refractivity contribution in [3.8, 4) is 0 Å². The van der Waals surface area contributed by atoms with Crippen LogP contribution in [0.3, 0.4) is 0 Å². The first-order chi connectivity index (χ1) is 8.68. The first kappa shape index (κ1) is 13.5. The summed E-state index contributed by atoms with van der Waals surface area (Å²) >= 11 is 3.24. The summed E-state index contributed by atoms with van der Waals surface area (Å²) in [5, 5.41) is 12.7. The fourth-order valence-corrected chi connectivity index (χ4v) is 2.79. The van der Waals surface area contributed by atoms with Crippen LogP contribution in [-0.2, 0) is 0 Å². The van der Waals surface area contributed by atoms with Crippen LogP contribution < -0.4 is 5.32 Å². The molecule has 2 N–H and O–H groups in total. The minimum Gasteiger partial charge on any atom is -0.391 e. The van der Waals surface area contributed by atoms with Gasteiger partial charge in [-0.3, -0.25) is 4.79 Å². The molecule has 1 aromatic rings. The van der Waals surface area contributed by atoms with Crippen molar-refractivity contribution in [2.75, 3.05) is 6.54 Å². The largest absolute Gasteiger partial charge is 0.391 e. The van der Waals surface area contributed by atoms with Gasteiger partial charge in [0.05, 0.1) is 11.7 Å². The molecule has 0 spiro atoms. The van der Waals surface area contributed by atoms with Crippen LogP contribution in [0.5, 0.6) is 0 Å². The Kier molecular flexibility index (Phi) is 4.72. The number of hydrogen-bond donors (Lipinski definition) is 2. The summed E-state index contributed by atoms with van der Waals surface area (Å²) in [5.41, 5.74) is 0.496. The quantitative estimate of drug-likeness (QED) is 0.837. The van der Waals surface area contributed by atoms with Gasteiger partial charge in [0.15, 0.2) is 0 Å². The van der Waals surface area contributed by atoms with Crippen LogP contribution in [0.1, 0.15) is 36.0 Å². The minimum absolute atomic E-state index is 0.202. The molecule has 0 saturated heterocycles. The third-order valence-electron chi connectivity index (χ3n) is 3.42. The molecule has 0 radical (unpaired) electrons. The summed E-state index contributed by atoms with van der Waals surface area (Å²) in [4.78, 5) is 15.9. The Bertz CT molecular complexity index is 419. The molecule has 0 aliphatic heterocycles. The highest BCUT2D eigenvalue weighted by Gasteiger charge is 2.23. The monoisotopic (exact) mass is 312 g/mol. The molecule has 1 aromatic heterocycles. The van der Waals surface area contributed by atoms with E-state index in [1.54, 1.807) is 18.3 Å². The minimum atomic E-state index is -0.438. The number of carbonyl (C=O) groups excluding carboxylic acids is 1. The van der Waals surface area contributed by atoms with Crippen LogP contribution >= 0.6 is 15.9 Å². The van der Waals surface area contributed by atoms with Crippen molar-refractivity contribution in [2.45, 2.75) is 31.8 Å². The van der Waals surface area contributed by atoms with E-state index in [2.05, 4.69) is 26.2 Å². The van der Waals surface area contributed by atoms with Gasteiger partial charge >= 0.3 is 0 Å². The number of carbonyl (C=O) groups is 1. The Morgan fingerprint density at radius 2 is 2.28 bits per heavy atom. The van der Waals surface area contributed by atoms with Gasteiger partial charge in [-0.1, -0.05) is 12.8 Å². The Balaban J connectivity index is 1.86. The number of nitrogens with one attached hydrogen (secondary N) is 1. The van der Waals surface area contributed by atoms with E-state index in [4.69, 9.17) is 0 Å². The van der Waals surface area contributed by atoms with E-state index in [-0.39, 0.29) is 5.91 Å². The van der Waals surface area contributed by atoms with Crippen molar-refractivity contribution in [3.63, 3.8) is 0 Å². The predicted molar refractivity (Wildman–Crippen MR) is 72.2 cm³/mol. The van der Waals surface area contributed by atoms with Gasteiger partial charge in [0.25, 0.3) is 5.91 Å². The smallest absolute Gasteiger partial charge is 0.254 e. The molecule has 5 heteroatoms. The standard InChI is InChI=1S/C13H17BrN2O2/c14-12-10(6-3-7-15-12)13(18)16-8-11(17)9-4-1-2-5-9/h3,6-7,9,11,17H,1-2,4-5,8H2,(H,16,18). The lowest BCUT2D eigenvalue weighted by atomic mass is 10.0. The lowest BCUT2D eigenvalue weighted by molar-refractivity contribution is 0.0839. The van der Waals surface area contributed by atoms with Crippen LogP contribution in [0.25, 0.3) is 0 Å². The van der Waals surface area contributed by atoms with Crippen molar-refractivity contribution in [3.05, 3.63) is 28.5 Å². The zero-order valence-corrected chi connectivity index (χ0v) is 11.7. The summed E-state index contributed by atoms with van der Waals surface area (Å²) in [5.74, 6) is 0.134. The van der Waals surface area contributed by atoms with Crippen LogP contribution in [-0.4, -0.2) is 28.6 Å². The first-order valence-corrected chi connectivity index (χ1v) is 7.04. The molecule has 18 heavy (non-hydrogen) atoms. The van der Waals surface area contributed by atoms with E-state index in [0.717, 1.165) is 12.8 Å². The molecule has 1 amide bonds. The SMILES string of the molecule is O=C(NCC(O)C1CCCC1)c1cccnc1Br. The summed E-state index contributed by atoms with van der Waals surface area (Å²) in [6.45, 7) is 0.310. The van der Waals surface area contributed by atoms with E-state index >= 15 is 0 Å². The number of aromatic nitrogens is 1. The van der Waals surface area contributed by atoms with E-state index in [1.807, 2.05) is 0 Å². The molecule has 98 valence electrons.